The summed E-state index contributed by atoms with van der Waals surface area (Å²) in [6.45, 7) is 33.9. The number of nitrogens with two attached hydrogens (primary N) is 1. The number of halogens is 9. The summed E-state index contributed by atoms with van der Waals surface area (Å²) in [5.74, 6) is -3.68. The van der Waals surface area contributed by atoms with Gasteiger partial charge in [-0.15, -0.1) is 6.58 Å². The van der Waals surface area contributed by atoms with Crippen LogP contribution in [0.1, 0.15) is 171 Å². The lowest BCUT2D eigenvalue weighted by Crippen LogP contribution is -2.41. The Balaban J connectivity index is 0.000000332. The molecule has 0 unspecified atom stereocenters. The van der Waals surface area contributed by atoms with Crippen molar-refractivity contribution in [1.29, 1.82) is 0 Å². The highest BCUT2D eigenvalue weighted by Gasteiger charge is 2.51. The fraction of sp³-hybridized carbons (Fsp3) is 0.256. The van der Waals surface area contributed by atoms with Crippen LogP contribution in [0.5, 0.6) is 0 Å². The number of aromatic amines is 1. The van der Waals surface area contributed by atoms with Gasteiger partial charge in [-0.25, -0.2) is 19.2 Å². The molecule has 9 aromatic rings. The maximum atomic E-state index is 12.5. The highest BCUT2D eigenvalue weighted by atomic mass is 79.9. The lowest BCUT2D eigenvalue weighted by atomic mass is 9.81. The number of pyridine rings is 1. The zero-order chi connectivity index (χ0) is 83.7. The molecule has 0 saturated carbocycles. The third kappa shape index (κ3) is 28.4. The van der Waals surface area contributed by atoms with Gasteiger partial charge in [-0.05, 0) is 243 Å². The number of aromatic carboxylic acids is 4. The summed E-state index contributed by atoms with van der Waals surface area (Å²) in [5, 5.41) is 62.8. The molecule has 8 N–H and O–H groups in total. The number of carboxylic acid groups (broad SMARTS) is 4. The standard InChI is InChI=1S/C16H15BrClNO2.C16H13BrClNO.C10H9NO4.C10H13NO2.C9H17BO2.C7H4BrNO4.C6H3Br2Cl.C4H7BrO2/c1-9(2)10-6-7-11(16(20)21)14(8-10)19-13-5-3-4-12(17)15(13)18;1-8(2)9-3-4-10-13(7-9)19-15-11(16(10)20)5-6-12(17)14(15)18;1-6(2)7-3-4-8(10(12)13)9(5-7)11(14)15;1-6(2)7-3-4-8(10(12)13)9(11)5-7;1-7(2)10-11-8(3,4)9(5,6)12-10;8-4-1-2-5(7(10)11)6(3-4)9(12)13;7-4-2-1-3-5(8)6(4)9;1-2-7-4(6)3-5/h3-9,19H,1-2H3,(H,20,21);3-8H,1-2H3,(H,19,20);3-5H,1H2,2H3,(H,12,13);3-6H,11H2,1-2H3,(H,12,13);1H2,2-6H3;1-3H,(H,10,11);1-3H;2-3H2,1H3. The van der Waals surface area contributed by atoms with Gasteiger partial charge in [0.1, 0.15) is 16.5 Å². The average molecular weight is 1960 g/mol. The van der Waals surface area contributed by atoms with Gasteiger partial charge in [0.15, 0.2) is 5.43 Å². The number of benzene rings is 8. The molecule has 0 aliphatic carbocycles. The van der Waals surface area contributed by atoms with Crippen molar-refractivity contribution in [2.75, 3.05) is 23.0 Å². The number of esters is 1. The molecule has 0 amide bonds. The van der Waals surface area contributed by atoms with E-state index in [2.05, 4.69) is 151 Å². The van der Waals surface area contributed by atoms with E-state index in [1.807, 2.05) is 109 Å². The Kier molecular flexibility index (Phi) is 38.9. The van der Waals surface area contributed by atoms with Gasteiger partial charge < -0.3 is 50.5 Å². The van der Waals surface area contributed by atoms with Crippen LogP contribution in [0.25, 0.3) is 27.4 Å². The Hall–Kier alpha value is -7.81. The molecule has 0 radical (unpaired) electrons. The topological polar surface area (TPSA) is 351 Å². The molecular weight excluding hydrogens is 1880 g/mol. The first kappa shape index (κ1) is 96.4. The van der Waals surface area contributed by atoms with E-state index in [1.165, 1.54) is 35.9 Å². The lowest BCUT2D eigenvalue weighted by molar-refractivity contribution is -0.385. The number of ether oxygens (including phenoxy) is 1. The number of nitrogens with zero attached hydrogens (tertiary/aromatic N) is 2. The molecule has 586 valence electrons. The van der Waals surface area contributed by atoms with Crippen LogP contribution in [0, 0.1) is 20.2 Å². The fourth-order valence-electron chi connectivity index (χ4n) is 9.14. The number of nitrogen functional groups attached to an aromatic ring is 1. The largest absolute Gasteiger partial charge is 0.489 e. The van der Waals surface area contributed by atoms with Gasteiger partial charge >= 0.3 is 37.0 Å². The average Bonchev–Trinajstić information content (AvgIpc) is 1.11. The van der Waals surface area contributed by atoms with Gasteiger partial charge in [0, 0.05) is 51.0 Å². The number of carboxylic acids is 4. The van der Waals surface area contributed by atoms with Gasteiger partial charge in [0.25, 0.3) is 11.4 Å². The van der Waals surface area contributed by atoms with Crippen molar-refractivity contribution in [2.24, 2.45) is 0 Å². The highest BCUT2D eigenvalue weighted by molar-refractivity contribution is 9.11. The number of nitrogens with one attached hydrogen (secondary N) is 2. The maximum absolute atomic E-state index is 12.5. The molecule has 22 nitrogen and oxygen atoms in total. The number of H-pyrrole nitrogens is 1. The molecule has 0 spiro atoms. The van der Waals surface area contributed by atoms with Crippen molar-refractivity contribution in [2.45, 2.75) is 119 Å². The first-order valence-electron chi connectivity index (χ1n) is 33.0. The minimum Gasteiger partial charge on any atom is -0.478 e. The smallest absolute Gasteiger partial charge is 0.478 e. The summed E-state index contributed by atoms with van der Waals surface area (Å²) in [5.41, 5.74) is 12.5. The van der Waals surface area contributed by atoms with Crippen LogP contribution in [0.15, 0.2) is 185 Å². The summed E-state index contributed by atoms with van der Waals surface area (Å²) in [6, 6.07) is 38.8. The van der Waals surface area contributed by atoms with Gasteiger partial charge in [-0.1, -0.05) is 162 Å². The van der Waals surface area contributed by atoms with Crippen LogP contribution < -0.4 is 16.5 Å². The molecule has 0 bridgehead atoms. The molecule has 1 aliphatic rings. The Labute approximate surface area is 702 Å². The fourth-order valence-corrected chi connectivity index (χ4v) is 11.9. The summed E-state index contributed by atoms with van der Waals surface area (Å²) >= 11 is 37.6. The predicted molar refractivity (Wildman–Crippen MR) is 461 cm³/mol. The Bertz CT molecular complexity index is 4910. The van der Waals surface area contributed by atoms with E-state index >= 15 is 0 Å². The number of fused-ring (bicyclic) bond motifs is 2. The number of allylic oxidation sites excluding steroid dienone is 2. The SMILES string of the molecule is C=C(C)B1OC(C)(C)C(C)(C)O1.C=C(C)c1ccc(C(=O)O)c([N+](=O)[O-])c1.CC(C)c1ccc(C(=O)O)c(N)c1.CC(C)c1ccc(C(=O)O)c(Nc2cccc(Br)c2Cl)c1.CC(C)c1ccc2c(=O)c3ccc(Br)c(Cl)c3[nH]c2c1.CCOC(=O)CBr.Clc1c(Br)cccc1Br.O=C(O)c1ccc(Br)cc1[N+](=O)[O-]. The Morgan fingerprint density at radius 3 is 1.44 bits per heavy atom. The van der Waals surface area contributed by atoms with Crippen molar-refractivity contribution in [3.05, 3.63) is 271 Å². The minimum absolute atomic E-state index is 0.0125. The quantitative estimate of drug-likeness (QED) is 0.00732. The van der Waals surface area contributed by atoms with Crippen LogP contribution >= 0.6 is 130 Å². The molecule has 0 atom stereocenters. The minimum atomic E-state index is -1.31. The number of hydrogen-bond acceptors (Lipinski definition) is 15. The molecule has 110 heavy (non-hydrogen) atoms. The number of carbonyl (C=O) groups excluding carboxylic acids is 1. The number of nitro groups is 2. The predicted octanol–water partition coefficient (Wildman–Crippen LogP) is 24.4. The van der Waals surface area contributed by atoms with Crippen molar-refractivity contribution in [1.82, 2.24) is 4.98 Å². The van der Waals surface area contributed by atoms with E-state index in [9.17, 15) is 54.1 Å². The molecule has 10 rings (SSSR count). The first-order chi connectivity index (χ1) is 51.1. The number of nitro benzene ring substituents is 2. The van der Waals surface area contributed by atoms with Crippen molar-refractivity contribution >= 4 is 223 Å². The van der Waals surface area contributed by atoms with Gasteiger partial charge in [-0.3, -0.25) is 29.8 Å². The maximum Gasteiger partial charge on any atom is 0.489 e. The van der Waals surface area contributed by atoms with Gasteiger partial charge in [0.05, 0.1) is 76.3 Å². The normalized spacial score (nSPS) is 12.0. The monoisotopic (exact) mass is 1950 g/mol. The van der Waals surface area contributed by atoms with E-state index in [0.29, 0.717) is 88.7 Å². The van der Waals surface area contributed by atoms with Gasteiger partial charge in [-0.2, -0.15) is 0 Å². The van der Waals surface area contributed by atoms with E-state index in [4.69, 9.17) is 65.2 Å². The molecule has 8 aromatic carbocycles. The number of anilines is 3. The van der Waals surface area contributed by atoms with Crippen molar-refractivity contribution in [3.8, 4) is 0 Å². The molecule has 32 heteroatoms. The molecule has 2 heterocycles. The molecule has 1 aliphatic heterocycles. The van der Waals surface area contributed by atoms with Crippen LogP contribution in [0.2, 0.25) is 15.1 Å². The van der Waals surface area contributed by atoms with E-state index in [1.54, 1.807) is 56.3 Å². The second-order valence-corrected chi connectivity index (χ2v) is 31.7. The molecule has 1 fully saturated rings. The summed E-state index contributed by atoms with van der Waals surface area (Å²) < 4.78 is 19.8. The summed E-state index contributed by atoms with van der Waals surface area (Å²) in [6.07, 6.45) is 0. The Morgan fingerprint density at radius 2 is 1.01 bits per heavy atom. The van der Waals surface area contributed by atoms with E-state index in [-0.39, 0.29) is 52.0 Å². The second-order valence-electron chi connectivity index (χ2n) is 25.7. The molecule has 1 aromatic heterocycles. The lowest BCUT2D eigenvalue weighted by Gasteiger charge is -2.32. The van der Waals surface area contributed by atoms with Crippen LogP contribution in [0.3, 0.4) is 0 Å². The zero-order valence-corrected chi connectivity index (χ0v) is 73.7. The molecule has 1 saturated heterocycles. The van der Waals surface area contributed by atoms with E-state index in [0.717, 1.165) is 51.1 Å². The Morgan fingerprint density at radius 1 is 0.582 bits per heavy atom. The number of carbonyl (C=O) groups is 5. The number of rotatable bonds is 15. The first-order valence-corrected chi connectivity index (χ1v) is 39.2. The molecular formula is C78H81BBr6Cl3N5O17. The van der Waals surface area contributed by atoms with Crippen molar-refractivity contribution < 1.29 is 68.3 Å². The summed E-state index contributed by atoms with van der Waals surface area (Å²) in [4.78, 5) is 88.7. The third-order valence-corrected chi connectivity index (χ3v) is 21.7. The number of alkyl halides is 1. The van der Waals surface area contributed by atoms with Crippen molar-refractivity contribution in [3.63, 3.8) is 0 Å². The third-order valence-electron chi connectivity index (χ3n) is 16.0. The van der Waals surface area contributed by atoms with E-state index < -0.39 is 45.1 Å². The zero-order valence-electron chi connectivity index (χ0n) is 61.9. The van der Waals surface area contributed by atoms with Crippen LogP contribution in [-0.2, 0) is 18.8 Å². The second kappa shape index (κ2) is 44.4. The van der Waals surface area contributed by atoms with Gasteiger partial charge in [0.2, 0.25) is 0 Å². The number of aromatic nitrogens is 1. The van der Waals surface area contributed by atoms with Crippen LogP contribution in [-0.4, -0.2) is 95.4 Å². The van der Waals surface area contributed by atoms with Crippen LogP contribution in [0.4, 0.5) is 28.4 Å². The number of hydrogen-bond donors (Lipinski definition) is 7. The summed E-state index contributed by atoms with van der Waals surface area (Å²) in [7, 11) is -0.241. The highest BCUT2D eigenvalue weighted by Crippen LogP contribution is 2.39.